The number of fused-ring (bicyclic) bond motifs is 1. The van der Waals surface area contributed by atoms with E-state index >= 15 is 0 Å². The van der Waals surface area contributed by atoms with E-state index in [0.29, 0.717) is 18.9 Å². The molecule has 3 aromatic carbocycles. The molecular weight excluding hydrogens is 548 g/mol. The van der Waals surface area contributed by atoms with E-state index in [1.54, 1.807) is 11.3 Å². The van der Waals surface area contributed by atoms with Crippen molar-refractivity contribution in [1.82, 2.24) is 15.2 Å². The molecule has 1 saturated heterocycles. The lowest BCUT2D eigenvalue weighted by Crippen LogP contribution is -2.35. The predicted octanol–water partition coefficient (Wildman–Crippen LogP) is 5.41. The summed E-state index contributed by atoms with van der Waals surface area (Å²) >= 11 is 1.60. The molecule has 0 spiro atoms. The highest BCUT2D eigenvalue weighted by atomic mass is 32.1. The van der Waals surface area contributed by atoms with Crippen LogP contribution in [0.4, 0.5) is 11.0 Å². The van der Waals surface area contributed by atoms with E-state index in [-0.39, 0.29) is 24.1 Å². The molecule has 0 amide bonds. The van der Waals surface area contributed by atoms with E-state index in [4.69, 9.17) is 19.1 Å². The lowest BCUT2D eigenvalue weighted by atomic mass is 9.96. The molecule has 7 rings (SSSR count). The Morgan fingerprint density at radius 1 is 0.905 bits per heavy atom. The zero-order valence-electron chi connectivity index (χ0n) is 23.0. The van der Waals surface area contributed by atoms with Crippen molar-refractivity contribution in [2.24, 2.45) is 4.99 Å². The lowest BCUT2D eigenvalue weighted by molar-refractivity contribution is -0.119. The van der Waals surface area contributed by atoms with Crippen LogP contribution in [0.25, 0.3) is 22.2 Å². The van der Waals surface area contributed by atoms with Gasteiger partial charge in [-0.05, 0) is 18.1 Å². The molecule has 5 aromatic rings. The van der Waals surface area contributed by atoms with Crippen molar-refractivity contribution >= 4 is 33.8 Å². The number of morpholine rings is 1. The number of thiazole rings is 1. The number of nitrogens with zero attached hydrogens (tertiary/aromatic N) is 5. The van der Waals surface area contributed by atoms with Crippen molar-refractivity contribution in [3.8, 4) is 22.2 Å². The quantitative estimate of drug-likeness (QED) is 0.286. The van der Waals surface area contributed by atoms with Crippen molar-refractivity contribution in [2.75, 3.05) is 36.5 Å². The number of carbonyl (C=O) groups excluding carboxylic acids is 1. The minimum Gasteiger partial charge on any atom is -0.402 e. The Morgan fingerprint density at radius 3 is 2.45 bits per heavy atom. The molecule has 0 saturated carbocycles. The molecule has 9 nitrogen and oxygen atoms in total. The van der Waals surface area contributed by atoms with Gasteiger partial charge in [0.05, 0.1) is 18.9 Å². The number of hydrogen-bond donors (Lipinski definition) is 1. The van der Waals surface area contributed by atoms with Crippen LogP contribution in [0.1, 0.15) is 22.3 Å². The van der Waals surface area contributed by atoms with E-state index in [2.05, 4.69) is 39.5 Å². The van der Waals surface area contributed by atoms with E-state index in [1.807, 2.05) is 66.7 Å². The molecule has 10 heteroatoms. The van der Waals surface area contributed by atoms with Crippen LogP contribution in [-0.2, 0) is 16.0 Å². The number of aromatic nitrogens is 3. The van der Waals surface area contributed by atoms with Crippen molar-refractivity contribution in [2.45, 2.75) is 19.5 Å². The molecule has 1 N–H and O–H groups in total. The first-order chi connectivity index (χ1) is 20.6. The average Bonchev–Trinajstić information content (AvgIpc) is 3.65. The summed E-state index contributed by atoms with van der Waals surface area (Å²) in [4.78, 5) is 25.5. The third-order valence-electron chi connectivity index (χ3n) is 7.42. The predicted molar refractivity (Wildman–Crippen MR) is 163 cm³/mol. The summed E-state index contributed by atoms with van der Waals surface area (Å²) in [6, 6.07) is 26.0. The summed E-state index contributed by atoms with van der Waals surface area (Å²) in [5, 5.41) is 13.5. The minimum atomic E-state index is -0.891. The molecule has 0 bridgehead atoms. The maximum atomic E-state index is 13.4. The van der Waals surface area contributed by atoms with Gasteiger partial charge in [0.15, 0.2) is 17.6 Å². The second kappa shape index (κ2) is 11.3. The zero-order valence-corrected chi connectivity index (χ0v) is 23.8. The van der Waals surface area contributed by atoms with Gasteiger partial charge in [-0.25, -0.2) is 4.98 Å². The minimum absolute atomic E-state index is 0.0855. The standard InChI is InChI=1S/C32H28N6O3S/c1-20-9-5-7-13-23(20)30-34-27(31(42-30)38-15-17-40-18-16-38)29-36-37-32(41-29)35-28-25(39)19-22-12-6-8-14-24(22)26(33-28)21-10-3-2-4-11-21/h2-14,28H,15-19H2,1H3,(H,35,37)/t28-/m1/s1. The molecule has 2 aliphatic heterocycles. The first-order valence-corrected chi connectivity index (χ1v) is 14.7. The van der Waals surface area contributed by atoms with Gasteiger partial charge in [-0.1, -0.05) is 95.3 Å². The number of carbonyl (C=O) groups is 1. The normalized spacial score (nSPS) is 17.0. The summed E-state index contributed by atoms with van der Waals surface area (Å²) < 4.78 is 11.7. The fraction of sp³-hybridized carbons (Fsp3) is 0.219. The Morgan fingerprint density at radius 2 is 1.64 bits per heavy atom. The number of anilines is 2. The largest absolute Gasteiger partial charge is 0.402 e. The molecule has 210 valence electrons. The van der Waals surface area contributed by atoms with Crippen molar-refractivity contribution in [3.05, 3.63) is 101 Å². The van der Waals surface area contributed by atoms with E-state index in [1.165, 1.54) is 0 Å². The Kier molecular flexibility index (Phi) is 7.06. The van der Waals surface area contributed by atoms with Gasteiger partial charge in [-0.3, -0.25) is 9.79 Å². The molecule has 42 heavy (non-hydrogen) atoms. The smallest absolute Gasteiger partial charge is 0.317 e. The van der Waals surface area contributed by atoms with E-state index in [9.17, 15) is 4.79 Å². The molecule has 0 unspecified atom stereocenters. The van der Waals surface area contributed by atoms with Crippen molar-refractivity contribution in [1.29, 1.82) is 0 Å². The summed E-state index contributed by atoms with van der Waals surface area (Å²) in [7, 11) is 0. The Balaban J connectivity index is 1.23. The van der Waals surface area contributed by atoms with Gasteiger partial charge in [-0.2, -0.15) is 0 Å². The molecule has 0 aliphatic carbocycles. The number of Topliss-reactive ketones (excluding diaryl/α,β-unsaturated/α-hetero) is 1. The Bertz CT molecular complexity index is 1770. The highest BCUT2D eigenvalue weighted by molar-refractivity contribution is 7.19. The fourth-order valence-electron chi connectivity index (χ4n) is 5.25. The summed E-state index contributed by atoms with van der Waals surface area (Å²) in [5.41, 5.74) is 6.36. The molecule has 2 aromatic heterocycles. The van der Waals surface area contributed by atoms with Gasteiger partial charge >= 0.3 is 6.01 Å². The van der Waals surface area contributed by atoms with Gasteiger partial charge in [0.25, 0.3) is 5.89 Å². The van der Waals surface area contributed by atoms with Crippen LogP contribution < -0.4 is 10.2 Å². The lowest BCUT2D eigenvalue weighted by Gasteiger charge is -2.27. The number of ether oxygens (including phenoxy) is 1. The van der Waals surface area contributed by atoms with Gasteiger partial charge in [0.2, 0.25) is 0 Å². The number of hydrogen-bond acceptors (Lipinski definition) is 10. The van der Waals surface area contributed by atoms with Crippen molar-refractivity contribution < 1.29 is 13.9 Å². The summed E-state index contributed by atoms with van der Waals surface area (Å²) in [6.45, 7) is 4.85. The van der Waals surface area contributed by atoms with Gasteiger partial charge in [0.1, 0.15) is 10.0 Å². The number of aryl methyl sites for hydroxylation is 1. The van der Waals surface area contributed by atoms with Crippen LogP contribution in [0.2, 0.25) is 0 Å². The average molecular weight is 577 g/mol. The van der Waals surface area contributed by atoms with Crippen LogP contribution in [0.3, 0.4) is 0 Å². The van der Waals surface area contributed by atoms with Gasteiger partial charge < -0.3 is 19.4 Å². The Hall–Kier alpha value is -4.67. The van der Waals surface area contributed by atoms with Crippen LogP contribution in [0.15, 0.2) is 88.3 Å². The number of ketones is 1. The van der Waals surface area contributed by atoms with E-state index < -0.39 is 6.17 Å². The first kappa shape index (κ1) is 26.2. The van der Waals surface area contributed by atoms with Gasteiger partial charge in [-0.15, -0.1) is 5.10 Å². The maximum absolute atomic E-state index is 13.4. The van der Waals surface area contributed by atoms with Crippen LogP contribution >= 0.6 is 11.3 Å². The summed E-state index contributed by atoms with van der Waals surface area (Å²) in [6.07, 6.45) is -0.653. The molecule has 0 radical (unpaired) electrons. The highest BCUT2D eigenvalue weighted by Crippen LogP contribution is 2.41. The topological polar surface area (TPSA) is 106 Å². The van der Waals surface area contributed by atoms with Crippen LogP contribution in [0.5, 0.6) is 0 Å². The molecule has 1 atom stereocenters. The third-order valence-corrected chi connectivity index (χ3v) is 8.57. The second-order valence-corrected chi connectivity index (χ2v) is 11.2. The van der Waals surface area contributed by atoms with E-state index in [0.717, 1.165) is 56.6 Å². The number of rotatable bonds is 6. The Labute approximate surface area is 246 Å². The van der Waals surface area contributed by atoms with Crippen LogP contribution in [-0.4, -0.2) is 59.1 Å². The number of benzene rings is 3. The monoisotopic (exact) mass is 576 g/mol. The summed E-state index contributed by atoms with van der Waals surface area (Å²) in [5.74, 6) is 0.198. The second-order valence-electron chi connectivity index (χ2n) is 10.2. The fourth-order valence-corrected chi connectivity index (χ4v) is 6.45. The molecule has 2 aliphatic rings. The number of nitrogens with one attached hydrogen (secondary N) is 1. The molecule has 1 fully saturated rings. The van der Waals surface area contributed by atoms with Gasteiger partial charge in [0, 0.05) is 36.2 Å². The number of aliphatic imine (C=N–C) groups is 1. The molecule has 4 heterocycles. The van der Waals surface area contributed by atoms with Crippen molar-refractivity contribution in [3.63, 3.8) is 0 Å². The van der Waals surface area contributed by atoms with Crippen LogP contribution in [0, 0.1) is 6.92 Å². The molecular formula is C32H28N6O3S. The SMILES string of the molecule is Cc1ccccc1-c1nc(-c2nnc(N[C@H]3N=C(c4ccccc4)c4ccccc4CC3=O)o2)c(N2CCOCC2)s1. The first-order valence-electron chi connectivity index (χ1n) is 13.9. The highest BCUT2D eigenvalue weighted by Gasteiger charge is 2.29. The zero-order chi connectivity index (χ0) is 28.5. The third kappa shape index (κ3) is 5.10. The maximum Gasteiger partial charge on any atom is 0.317 e.